The Morgan fingerprint density at radius 3 is 2.56 bits per heavy atom. The fourth-order valence-electron chi connectivity index (χ4n) is 2.89. The zero-order valence-electron chi connectivity index (χ0n) is 15.3. The molecule has 2 heterocycles. The molecule has 1 fully saturated rings. The Bertz CT molecular complexity index is 898. The van der Waals surface area contributed by atoms with E-state index in [1.54, 1.807) is 14.2 Å². The van der Waals surface area contributed by atoms with Gasteiger partial charge < -0.3 is 15.0 Å². The van der Waals surface area contributed by atoms with Crippen molar-refractivity contribution in [2.24, 2.45) is 0 Å². The molecule has 0 aliphatic carbocycles. The standard InChI is InChI=1S/C18H22N4O4S/c1-22(14-7-8-27(24,25)12-14)18(23)16-10-21-17(11-19-16)20-9-13-3-5-15(26-2)6-4-13/h3-6,10-11,14H,7-9,12H2,1-2H3,(H,20,21). The van der Waals surface area contributed by atoms with Gasteiger partial charge in [-0.1, -0.05) is 12.1 Å². The quantitative estimate of drug-likeness (QED) is 0.794. The normalized spacial score (nSPS) is 18.1. The van der Waals surface area contributed by atoms with Crippen molar-refractivity contribution in [3.8, 4) is 5.75 Å². The second-order valence-corrected chi connectivity index (χ2v) is 8.69. The van der Waals surface area contributed by atoms with Gasteiger partial charge in [0.05, 0.1) is 31.0 Å². The van der Waals surface area contributed by atoms with Gasteiger partial charge in [0, 0.05) is 19.6 Å². The Kier molecular flexibility index (Phi) is 5.59. The Morgan fingerprint density at radius 2 is 2.00 bits per heavy atom. The van der Waals surface area contributed by atoms with Crippen molar-refractivity contribution in [3.05, 3.63) is 47.9 Å². The summed E-state index contributed by atoms with van der Waals surface area (Å²) < 4.78 is 28.3. The van der Waals surface area contributed by atoms with Gasteiger partial charge in [0.2, 0.25) is 0 Å². The first-order valence-electron chi connectivity index (χ1n) is 8.54. The molecule has 0 saturated carbocycles. The maximum absolute atomic E-state index is 12.5. The van der Waals surface area contributed by atoms with Gasteiger partial charge in [0.25, 0.3) is 5.91 Å². The summed E-state index contributed by atoms with van der Waals surface area (Å²) in [6.07, 6.45) is 3.36. The molecule has 1 unspecified atom stereocenters. The molecule has 1 N–H and O–H groups in total. The number of carbonyl (C=O) groups is 1. The van der Waals surface area contributed by atoms with Crippen LogP contribution in [-0.2, 0) is 16.4 Å². The highest BCUT2D eigenvalue weighted by Crippen LogP contribution is 2.18. The van der Waals surface area contributed by atoms with Crippen molar-refractivity contribution < 1.29 is 17.9 Å². The summed E-state index contributed by atoms with van der Waals surface area (Å²) in [4.78, 5) is 22.3. The van der Waals surface area contributed by atoms with Crippen LogP contribution in [0.5, 0.6) is 5.75 Å². The average molecular weight is 390 g/mol. The van der Waals surface area contributed by atoms with Crippen molar-refractivity contribution in [1.82, 2.24) is 14.9 Å². The minimum atomic E-state index is -3.05. The van der Waals surface area contributed by atoms with Crippen LogP contribution in [0, 0.1) is 0 Å². The Morgan fingerprint density at radius 1 is 1.26 bits per heavy atom. The van der Waals surface area contributed by atoms with Crippen molar-refractivity contribution in [3.63, 3.8) is 0 Å². The van der Waals surface area contributed by atoms with E-state index in [1.807, 2.05) is 24.3 Å². The number of nitrogens with zero attached hydrogens (tertiary/aromatic N) is 3. The molecule has 1 saturated heterocycles. The maximum Gasteiger partial charge on any atom is 0.274 e. The maximum atomic E-state index is 12.5. The summed E-state index contributed by atoms with van der Waals surface area (Å²) in [5, 5.41) is 3.14. The molecular formula is C18H22N4O4S. The van der Waals surface area contributed by atoms with E-state index in [-0.39, 0.29) is 29.1 Å². The lowest BCUT2D eigenvalue weighted by Crippen LogP contribution is -2.38. The van der Waals surface area contributed by atoms with Crippen LogP contribution in [0.25, 0.3) is 0 Å². The number of sulfone groups is 1. The van der Waals surface area contributed by atoms with Crippen LogP contribution in [0.2, 0.25) is 0 Å². The molecule has 0 radical (unpaired) electrons. The molecule has 1 aliphatic rings. The first kappa shape index (κ1) is 19.1. The van der Waals surface area contributed by atoms with Crippen LogP contribution >= 0.6 is 0 Å². The average Bonchev–Trinajstić information content (AvgIpc) is 3.05. The smallest absolute Gasteiger partial charge is 0.274 e. The van der Waals surface area contributed by atoms with E-state index in [0.29, 0.717) is 18.8 Å². The molecule has 1 aliphatic heterocycles. The second-order valence-electron chi connectivity index (χ2n) is 6.46. The summed E-state index contributed by atoms with van der Waals surface area (Å²) in [5.74, 6) is 1.14. The molecule has 1 aromatic heterocycles. The predicted octanol–water partition coefficient (Wildman–Crippen LogP) is 1.36. The number of aromatic nitrogens is 2. The number of benzene rings is 1. The third kappa shape index (κ3) is 4.73. The van der Waals surface area contributed by atoms with E-state index in [1.165, 1.54) is 17.3 Å². The molecule has 3 rings (SSSR count). The Labute approximate surface area is 158 Å². The van der Waals surface area contributed by atoms with Gasteiger partial charge in [-0.25, -0.2) is 18.4 Å². The number of methoxy groups -OCH3 is 1. The first-order chi connectivity index (χ1) is 12.9. The van der Waals surface area contributed by atoms with Crippen molar-refractivity contribution in [2.75, 3.05) is 31.0 Å². The lowest BCUT2D eigenvalue weighted by Gasteiger charge is -2.22. The zero-order chi connectivity index (χ0) is 19.4. The summed E-state index contributed by atoms with van der Waals surface area (Å²) in [6, 6.07) is 7.34. The van der Waals surface area contributed by atoms with Crippen molar-refractivity contribution in [2.45, 2.75) is 19.0 Å². The van der Waals surface area contributed by atoms with Gasteiger partial charge in [-0.3, -0.25) is 4.79 Å². The van der Waals surface area contributed by atoms with E-state index < -0.39 is 9.84 Å². The highest BCUT2D eigenvalue weighted by atomic mass is 32.2. The van der Waals surface area contributed by atoms with Gasteiger partial charge in [-0.15, -0.1) is 0 Å². The number of anilines is 1. The van der Waals surface area contributed by atoms with Gasteiger partial charge in [-0.2, -0.15) is 0 Å². The molecule has 1 atom stereocenters. The van der Waals surface area contributed by atoms with Gasteiger partial charge in [0.15, 0.2) is 9.84 Å². The largest absolute Gasteiger partial charge is 0.497 e. The molecule has 0 spiro atoms. The molecular weight excluding hydrogens is 368 g/mol. The van der Waals surface area contributed by atoms with Crippen molar-refractivity contribution >= 4 is 21.6 Å². The zero-order valence-corrected chi connectivity index (χ0v) is 16.1. The summed E-state index contributed by atoms with van der Waals surface area (Å²) in [5.41, 5.74) is 1.25. The van der Waals surface area contributed by atoms with Gasteiger partial charge >= 0.3 is 0 Å². The number of carbonyl (C=O) groups excluding carboxylic acids is 1. The van der Waals surface area contributed by atoms with Crippen molar-refractivity contribution in [1.29, 1.82) is 0 Å². The minimum Gasteiger partial charge on any atom is -0.497 e. The van der Waals surface area contributed by atoms with Crippen LogP contribution in [-0.4, -0.2) is 60.9 Å². The SMILES string of the molecule is COc1ccc(CNc2cnc(C(=O)N(C)C3CCS(=O)(=O)C3)cn2)cc1. The molecule has 2 aromatic rings. The van der Waals surface area contributed by atoms with E-state index in [9.17, 15) is 13.2 Å². The molecule has 1 aromatic carbocycles. The lowest BCUT2D eigenvalue weighted by atomic mass is 10.2. The summed E-state index contributed by atoms with van der Waals surface area (Å²) in [7, 11) is 0.173. The minimum absolute atomic E-state index is 0.00414. The molecule has 1 amide bonds. The predicted molar refractivity (Wildman–Crippen MR) is 102 cm³/mol. The summed E-state index contributed by atoms with van der Waals surface area (Å²) >= 11 is 0. The number of ether oxygens (including phenoxy) is 1. The third-order valence-electron chi connectivity index (χ3n) is 4.58. The Balaban J connectivity index is 1.58. The molecule has 9 heteroatoms. The van der Waals surface area contributed by atoms with Crippen LogP contribution < -0.4 is 10.1 Å². The molecule has 144 valence electrons. The van der Waals surface area contributed by atoms with Gasteiger partial charge in [-0.05, 0) is 24.1 Å². The number of hydrogen-bond donors (Lipinski definition) is 1. The number of hydrogen-bond acceptors (Lipinski definition) is 7. The van der Waals surface area contributed by atoms with Crippen LogP contribution in [0.3, 0.4) is 0 Å². The highest BCUT2D eigenvalue weighted by molar-refractivity contribution is 7.91. The first-order valence-corrected chi connectivity index (χ1v) is 10.4. The molecule has 8 nitrogen and oxygen atoms in total. The topological polar surface area (TPSA) is 101 Å². The number of nitrogens with one attached hydrogen (secondary N) is 1. The van der Waals surface area contributed by atoms with E-state index in [0.717, 1.165) is 11.3 Å². The molecule has 0 bridgehead atoms. The van der Waals surface area contributed by atoms with E-state index >= 15 is 0 Å². The summed E-state index contributed by atoms with van der Waals surface area (Å²) in [6.45, 7) is 0.561. The second kappa shape index (κ2) is 7.91. The van der Waals surface area contributed by atoms with E-state index in [2.05, 4.69) is 15.3 Å². The fourth-order valence-corrected chi connectivity index (χ4v) is 4.67. The number of rotatable bonds is 6. The highest BCUT2D eigenvalue weighted by Gasteiger charge is 2.33. The lowest BCUT2D eigenvalue weighted by molar-refractivity contribution is 0.0741. The van der Waals surface area contributed by atoms with Crippen LogP contribution in [0.1, 0.15) is 22.5 Å². The third-order valence-corrected chi connectivity index (χ3v) is 6.33. The van der Waals surface area contributed by atoms with Gasteiger partial charge in [0.1, 0.15) is 17.3 Å². The number of amides is 1. The fraction of sp³-hybridized carbons (Fsp3) is 0.389. The van der Waals surface area contributed by atoms with Crippen LogP contribution in [0.4, 0.5) is 5.82 Å². The molecule has 27 heavy (non-hydrogen) atoms. The monoisotopic (exact) mass is 390 g/mol. The van der Waals surface area contributed by atoms with E-state index in [4.69, 9.17) is 4.74 Å². The van der Waals surface area contributed by atoms with Crippen LogP contribution in [0.15, 0.2) is 36.7 Å². The Hall–Kier alpha value is -2.68.